The van der Waals surface area contributed by atoms with E-state index in [2.05, 4.69) is 0 Å². The van der Waals surface area contributed by atoms with E-state index in [1.165, 1.54) is 0 Å². The summed E-state index contributed by atoms with van der Waals surface area (Å²) in [5, 5.41) is 0. The van der Waals surface area contributed by atoms with Crippen LogP contribution >= 0.6 is 0 Å². The van der Waals surface area contributed by atoms with Crippen molar-refractivity contribution in [3.8, 4) is 0 Å². The predicted molar refractivity (Wildman–Crippen MR) is 67.4 cm³/mol. The van der Waals surface area contributed by atoms with Crippen LogP contribution in [0.3, 0.4) is 0 Å². The summed E-state index contributed by atoms with van der Waals surface area (Å²) in [6, 6.07) is 0. The molecule has 0 aromatic heterocycles. The van der Waals surface area contributed by atoms with E-state index < -0.39 is 30.3 Å². The lowest BCUT2D eigenvalue weighted by Crippen LogP contribution is -2.27. The zero-order valence-corrected chi connectivity index (χ0v) is 14.0. The van der Waals surface area contributed by atoms with Gasteiger partial charge in [-0.05, 0) is 20.8 Å². The van der Waals surface area contributed by atoms with Gasteiger partial charge in [0, 0.05) is 41.2 Å². The second kappa shape index (κ2) is 16.8. The van der Waals surface area contributed by atoms with Gasteiger partial charge >= 0.3 is 30.3 Å². The molecule has 102 valence electrons. The third kappa shape index (κ3) is 14.8. The first kappa shape index (κ1) is 20.1. The molecule has 0 aliphatic rings. The standard InChI is InChI=1S/3C2H5O.3CH3O.2Al/c3*1-2-3;3*1-2;;/h3*2H2,1H3;3*1H3;;/q6*-1;2*+3. The van der Waals surface area contributed by atoms with Crippen molar-refractivity contribution in [2.45, 2.75) is 20.8 Å². The largest absolute Gasteiger partial charge is 0.905 e. The Labute approximate surface area is 115 Å². The molecule has 0 unspecified atom stereocenters. The molecular formula is C9H24Al2O6. The fraction of sp³-hybridized carbons (Fsp3) is 1.00. The fourth-order valence-electron chi connectivity index (χ4n) is 0.841. The van der Waals surface area contributed by atoms with Gasteiger partial charge in [-0.3, -0.25) is 0 Å². The van der Waals surface area contributed by atoms with Gasteiger partial charge in [0.05, 0.1) is 0 Å². The molecule has 0 aromatic rings. The van der Waals surface area contributed by atoms with E-state index in [4.69, 9.17) is 22.7 Å². The van der Waals surface area contributed by atoms with Crippen LogP contribution in [-0.4, -0.2) is 71.4 Å². The summed E-state index contributed by atoms with van der Waals surface area (Å²) >= 11 is -3.41. The van der Waals surface area contributed by atoms with Crippen molar-refractivity contribution in [1.82, 2.24) is 0 Å². The smallest absolute Gasteiger partial charge is 0.457 e. The quantitative estimate of drug-likeness (QED) is 0.588. The van der Waals surface area contributed by atoms with Crippen molar-refractivity contribution >= 4 is 30.3 Å². The van der Waals surface area contributed by atoms with Crippen LogP contribution in [0, 0.1) is 0 Å². The molecule has 0 atom stereocenters. The second-order valence-electron chi connectivity index (χ2n) is 2.65. The van der Waals surface area contributed by atoms with Crippen molar-refractivity contribution in [3.63, 3.8) is 0 Å². The summed E-state index contributed by atoms with van der Waals surface area (Å²) in [5.41, 5.74) is 0. The number of rotatable bonds is 9. The van der Waals surface area contributed by atoms with Crippen molar-refractivity contribution < 1.29 is 22.7 Å². The Balaban J connectivity index is 0. The zero-order valence-electron chi connectivity index (χ0n) is 11.7. The molecule has 6 nitrogen and oxygen atoms in total. The lowest BCUT2D eigenvalue weighted by molar-refractivity contribution is 0.107. The summed E-state index contributed by atoms with van der Waals surface area (Å²) in [6.07, 6.45) is 0. The Morgan fingerprint density at radius 2 is 0.882 bits per heavy atom. The maximum atomic E-state index is 5.22. The topological polar surface area (TPSA) is 55.4 Å². The van der Waals surface area contributed by atoms with E-state index in [0.29, 0.717) is 19.8 Å². The van der Waals surface area contributed by atoms with Gasteiger partial charge in [-0.2, -0.15) is 0 Å². The van der Waals surface area contributed by atoms with Crippen LogP contribution in [0.4, 0.5) is 0 Å². The maximum Gasteiger partial charge on any atom is 0.905 e. The Morgan fingerprint density at radius 1 is 0.588 bits per heavy atom. The van der Waals surface area contributed by atoms with Crippen LogP contribution < -0.4 is 0 Å². The molecule has 0 fully saturated rings. The Bertz CT molecular complexity index is 117. The lowest BCUT2D eigenvalue weighted by Gasteiger charge is -2.08. The minimum Gasteiger partial charge on any atom is -0.457 e. The van der Waals surface area contributed by atoms with Crippen LogP contribution in [0.1, 0.15) is 20.8 Å². The van der Waals surface area contributed by atoms with Gasteiger partial charge in [-0.15, -0.1) is 0 Å². The molecule has 0 radical (unpaired) electrons. The SMILES string of the molecule is CC[O][Al]([O]CC)[O]CC.C[O][Al]([O]C)[O]C. The van der Waals surface area contributed by atoms with Gasteiger partial charge in [0.25, 0.3) is 0 Å². The van der Waals surface area contributed by atoms with Crippen molar-refractivity contribution in [1.29, 1.82) is 0 Å². The highest BCUT2D eigenvalue weighted by Gasteiger charge is 2.28. The van der Waals surface area contributed by atoms with E-state index >= 15 is 0 Å². The van der Waals surface area contributed by atoms with Crippen LogP contribution in [0.25, 0.3) is 0 Å². The van der Waals surface area contributed by atoms with Gasteiger partial charge in [0.1, 0.15) is 0 Å². The average Bonchev–Trinajstić information content (AvgIpc) is 2.33. The van der Waals surface area contributed by atoms with E-state index in [-0.39, 0.29) is 0 Å². The van der Waals surface area contributed by atoms with Gasteiger partial charge in [-0.25, -0.2) is 0 Å². The first-order chi connectivity index (χ1) is 8.19. The third-order valence-corrected chi connectivity index (χ3v) is 4.46. The second-order valence-corrected chi connectivity index (χ2v) is 6.22. The predicted octanol–water partition coefficient (Wildman–Crippen LogP) is 0.991. The van der Waals surface area contributed by atoms with Gasteiger partial charge in [0.15, 0.2) is 0 Å². The van der Waals surface area contributed by atoms with E-state index in [0.717, 1.165) is 0 Å². The Morgan fingerprint density at radius 3 is 1.00 bits per heavy atom. The van der Waals surface area contributed by atoms with Gasteiger partial charge < -0.3 is 22.7 Å². The van der Waals surface area contributed by atoms with Crippen molar-refractivity contribution in [3.05, 3.63) is 0 Å². The summed E-state index contributed by atoms with van der Waals surface area (Å²) in [7, 11) is 4.72. The molecule has 0 amide bonds. The summed E-state index contributed by atoms with van der Waals surface area (Å²) in [4.78, 5) is 0. The first-order valence-corrected chi connectivity index (χ1v) is 8.45. The molecule has 0 saturated carbocycles. The van der Waals surface area contributed by atoms with Crippen LogP contribution in [0.5, 0.6) is 0 Å². The number of hydrogen-bond donors (Lipinski definition) is 0. The summed E-state index contributed by atoms with van der Waals surface area (Å²) in [6.45, 7) is 7.86. The zero-order chi connectivity index (χ0) is 13.5. The molecule has 0 rings (SSSR count). The monoisotopic (exact) mass is 282 g/mol. The number of hydrogen-bond acceptors (Lipinski definition) is 6. The molecule has 0 bridgehead atoms. The first-order valence-electron chi connectivity index (χ1n) is 5.63. The van der Waals surface area contributed by atoms with Gasteiger partial charge in [0.2, 0.25) is 0 Å². The molecular weight excluding hydrogens is 258 g/mol. The maximum absolute atomic E-state index is 5.22. The summed E-state index contributed by atoms with van der Waals surface area (Å²) in [5.74, 6) is 0. The molecule has 0 N–H and O–H groups in total. The highest BCUT2D eigenvalue weighted by atomic mass is 27.3. The third-order valence-electron chi connectivity index (χ3n) is 1.49. The highest BCUT2D eigenvalue weighted by molar-refractivity contribution is 6.36. The molecule has 17 heavy (non-hydrogen) atoms. The molecule has 0 spiro atoms. The van der Waals surface area contributed by atoms with Crippen LogP contribution in [-0.2, 0) is 22.7 Å². The molecule has 0 aliphatic carbocycles. The van der Waals surface area contributed by atoms with E-state index in [9.17, 15) is 0 Å². The average molecular weight is 282 g/mol. The Hall–Kier alpha value is 0.825. The fourth-order valence-corrected chi connectivity index (χ4v) is 2.52. The van der Waals surface area contributed by atoms with Crippen molar-refractivity contribution in [2.75, 3.05) is 41.2 Å². The van der Waals surface area contributed by atoms with E-state index in [1.54, 1.807) is 21.3 Å². The Kier molecular flexibility index (Phi) is 19.9. The van der Waals surface area contributed by atoms with Crippen LogP contribution in [0.15, 0.2) is 0 Å². The molecule has 8 heteroatoms. The molecule has 0 heterocycles. The van der Waals surface area contributed by atoms with E-state index in [1.807, 2.05) is 20.8 Å². The summed E-state index contributed by atoms with van der Waals surface area (Å²) < 4.78 is 29.9. The minimum absolute atomic E-state index is 0.677. The highest BCUT2D eigenvalue weighted by Crippen LogP contribution is 1.91. The molecule has 0 aromatic carbocycles. The van der Waals surface area contributed by atoms with Crippen molar-refractivity contribution in [2.24, 2.45) is 0 Å². The molecule has 0 saturated heterocycles. The minimum atomic E-state index is -1.73. The lowest BCUT2D eigenvalue weighted by atomic mass is 10.9. The van der Waals surface area contributed by atoms with Gasteiger partial charge in [-0.1, -0.05) is 0 Å². The van der Waals surface area contributed by atoms with Crippen LogP contribution in [0.2, 0.25) is 0 Å². The normalized spacial score (nSPS) is 9.53. The molecule has 0 aliphatic heterocycles.